The lowest BCUT2D eigenvalue weighted by Crippen LogP contribution is -2.32. The first-order valence-electron chi connectivity index (χ1n) is 9.08. The molecule has 0 bridgehead atoms. The summed E-state index contributed by atoms with van der Waals surface area (Å²) in [6.45, 7) is 15.7. The van der Waals surface area contributed by atoms with Gasteiger partial charge in [-0.15, -0.1) is 67.9 Å². The molecule has 168 valence electrons. The third-order valence-corrected chi connectivity index (χ3v) is 3.70. The zero-order chi connectivity index (χ0) is 15.8. The summed E-state index contributed by atoms with van der Waals surface area (Å²) in [5.74, 6) is 0. The average Bonchev–Trinajstić information content (AvgIpc) is 2.49. The van der Waals surface area contributed by atoms with E-state index in [1.807, 2.05) is 0 Å². The van der Waals surface area contributed by atoms with E-state index in [0.29, 0.717) is 12.1 Å². The fourth-order valence-corrected chi connectivity index (χ4v) is 2.21. The van der Waals surface area contributed by atoms with Gasteiger partial charge in [-0.1, -0.05) is 21.3 Å². The Balaban J connectivity index is -0.000000200. The van der Waals surface area contributed by atoms with E-state index in [9.17, 15) is 0 Å². The zero-order valence-electron chi connectivity index (χ0n) is 16.6. The van der Waals surface area contributed by atoms with Crippen LogP contribution in [0.3, 0.4) is 0 Å². The lowest BCUT2D eigenvalue weighted by atomic mass is 10.2. The molecular weight excluding hydrogens is 592 g/mol. The molecule has 4 N–H and O–H groups in total. The summed E-state index contributed by atoms with van der Waals surface area (Å²) < 4.78 is 0. The first kappa shape index (κ1) is 42.0. The molecule has 0 aromatic rings. The minimum atomic E-state index is 0. The Kier molecular flexibility index (Phi) is 55.4. The molecule has 0 saturated carbocycles. The van der Waals surface area contributed by atoms with E-state index in [1.165, 1.54) is 32.1 Å². The molecule has 26 heavy (non-hydrogen) atoms. The first-order valence-corrected chi connectivity index (χ1v) is 9.08. The van der Waals surface area contributed by atoms with Crippen LogP contribution in [0, 0.1) is 0 Å². The summed E-state index contributed by atoms with van der Waals surface area (Å²) in [7, 11) is 0. The van der Waals surface area contributed by atoms with Crippen LogP contribution in [-0.2, 0) is 0 Å². The highest BCUT2D eigenvalue weighted by atomic mass is 79.9. The second kappa shape index (κ2) is 34.3. The molecule has 2 atom stereocenters. The highest BCUT2D eigenvalue weighted by molar-refractivity contribution is 8.93. The van der Waals surface area contributed by atoms with E-state index in [1.54, 1.807) is 0 Å². The van der Waals surface area contributed by atoms with Gasteiger partial charge in [0.15, 0.2) is 0 Å². The van der Waals surface area contributed by atoms with Gasteiger partial charge in [0, 0.05) is 12.1 Å². The molecular formula is C18H48Br4N4. The Hall–Kier alpha value is 1.76. The van der Waals surface area contributed by atoms with Crippen LogP contribution in [0.4, 0.5) is 0 Å². The van der Waals surface area contributed by atoms with E-state index < -0.39 is 0 Å². The summed E-state index contributed by atoms with van der Waals surface area (Å²) in [4.78, 5) is 0. The predicted octanol–water partition coefficient (Wildman–Crippen LogP) is 5.06. The molecule has 0 aliphatic heterocycles. The van der Waals surface area contributed by atoms with Crippen LogP contribution >= 0.6 is 67.9 Å². The van der Waals surface area contributed by atoms with Crippen molar-refractivity contribution in [3.05, 3.63) is 0 Å². The summed E-state index contributed by atoms with van der Waals surface area (Å²) in [5, 5.41) is 14.1. The first-order chi connectivity index (χ1) is 10.2. The van der Waals surface area contributed by atoms with E-state index in [-0.39, 0.29) is 75.4 Å². The molecule has 0 aromatic heterocycles. The van der Waals surface area contributed by atoms with Crippen molar-refractivity contribution in [1.82, 2.24) is 21.3 Å². The van der Waals surface area contributed by atoms with Gasteiger partial charge < -0.3 is 21.3 Å². The normalized spacial score (nSPS) is 11.5. The highest BCUT2D eigenvalue weighted by Crippen LogP contribution is 1.90. The Morgan fingerprint density at radius 2 is 0.923 bits per heavy atom. The fourth-order valence-electron chi connectivity index (χ4n) is 2.21. The van der Waals surface area contributed by atoms with Gasteiger partial charge in [-0.3, -0.25) is 0 Å². The van der Waals surface area contributed by atoms with Crippen molar-refractivity contribution in [2.45, 2.75) is 79.3 Å². The molecule has 0 spiro atoms. The summed E-state index contributed by atoms with van der Waals surface area (Å²) in [6, 6.07) is 1.26. The molecule has 0 saturated heterocycles. The number of halogens is 4. The lowest BCUT2D eigenvalue weighted by molar-refractivity contribution is 0.476. The third kappa shape index (κ3) is 33.4. The quantitative estimate of drug-likeness (QED) is 0.179. The van der Waals surface area contributed by atoms with Crippen LogP contribution in [0.15, 0.2) is 0 Å². The lowest BCUT2D eigenvalue weighted by Gasteiger charge is -2.14. The molecule has 0 amide bonds. The Morgan fingerprint density at radius 1 is 0.577 bits per heavy atom. The van der Waals surface area contributed by atoms with E-state index in [2.05, 4.69) is 49.0 Å². The molecule has 0 aliphatic carbocycles. The molecule has 0 rings (SSSR count). The van der Waals surface area contributed by atoms with E-state index in [4.69, 9.17) is 0 Å². The van der Waals surface area contributed by atoms with Crippen molar-refractivity contribution in [3.8, 4) is 0 Å². The molecule has 8 heteroatoms. The van der Waals surface area contributed by atoms with Crippen molar-refractivity contribution < 1.29 is 0 Å². The van der Waals surface area contributed by atoms with Gasteiger partial charge in [0.05, 0.1) is 0 Å². The largest absolute Gasteiger partial charge is 0.317 e. The minimum absolute atomic E-state index is 0. The minimum Gasteiger partial charge on any atom is -0.317 e. The number of hydrogen-bond acceptors (Lipinski definition) is 4. The van der Waals surface area contributed by atoms with Gasteiger partial charge >= 0.3 is 0 Å². The average molecular weight is 640 g/mol. The van der Waals surface area contributed by atoms with Crippen LogP contribution in [0.2, 0.25) is 0 Å². The molecule has 0 aromatic carbocycles. The molecule has 0 aliphatic rings. The molecule has 2 unspecified atom stereocenters. The monoisotopic (exact) mass is 636 g/mol. The topological polar surface area (TPSA) is 48.1 Å². The van der Waals surface area contributed by atoms with Gasteiger partial charge in [-0.25, -0.2) is 0 Å². The van der Waals surface area contributed by atoms with Crippen LogP contribution < -0.4 is 21.3 Å². The molecule has 0 heterocycles. The maximum Gasteiger partial charge on any atom is 0.00508 e. The second-order valence-corrected chi connectivity index (χ2v) is 6.14. The predicted molar refractivity (Wildman–Crippen MR) is 143 cm³/mol. The van der Waals surface area contributed by atoms with Crippen molar-refractivity contribution >= 4 is 67.9 Å². The van der Waals surface area contributed by atoms with Gasteiger partial charge in [-0.05, 0) is 85.2 Å². The number of nitrogens with one attached hydrogen (secondary N) is 4. The van der Waals surface area contributed by atoms with Gasteiger partial charge in [-0.2, -0.15) is 0 Å². The van der Waals surface area contributed by atoms with Crippen LogP contribution in [0.1, 0.15) is 67.2 Å². The second-order valence-electron chi connectivity index (χ2n) is 6.14. The van der Waals surface area contributed by atoms with Crippen LogP contribution in [-0.4, -0.2) is 51.4 Å². The number of rotatable bonds is 16. The standard InChI is InChI=1S/C17H40N4.CH4.4BrH/c1-5-10-20-16(3)8-14-18-12-7-13-19-15-9-17(4)21-11-6-2;;;;;/h16-21H,5-15H2,1-4H3;1H4;4*1H. The van der Waals surface area contributed by atoms with Crippen LogP contribution in [0.5, 0.6) is 0 Å². The summed E-state index contributed by atoms with van der Waals surface area (Å²) in [5.41, 5.74) is 0. The molecule has 4 nitrogen and oxygen atoms in total. The van der Waals surface area contributed by atoms with Gasteiger partial charge in [0.1, 0.15) is 0 Å². The zero-order valence-corrected chi connectivity index (χ0v) is 23.4. The Labute approximate surface area is 206 Å². The van der Waals surface area contributed by atoms with E-state index >= 15 is 0 Å². The SMILES string of the molecule is Br.Br.Br.Br.C.CCCNC(C)CCNCCCNCCC(C)NCCC. The third-order valence-electron chi connectivity index (χ3n) is 3.70. The van der Waals surface area contributed by atoms with Crippen molar-refractivity contribution in [3.63, 3.8) is 0 Å². The summed E-state index contributed by atoms with van der Waals surface area (Å²) >= 11 is 0. The van der Waals surface area contributed by atoms with E-state index in [0.717, 1.165) is 39.3 Å². The van der Waals surface area contributed by atoms with Crippen molar-refractivity contribution in [2.24, 2.45) is 0 Å². The van der Waals surface area contributed by atoms with Gasteiger partial charge in [0.2, 0.25) is 0 Å². The smallest absolute Gasteiger partial charge is 0.00508 e. The molecule has 0 fully saturated rings. The Bertz CT molecular complexity index is 196. The van der Waals surface area contributed by atoms with Crippen molar-refractivity contribution in [2.75, 3.05) is 39.3 Å². The molecule has 0 radical (unpaired) electrons. The Morgan fingerprint density at radius 3 is 1.23 bits per heavy atom. The fraction of sp³-hybridized carbons (Fsp3) is 1.00. The van der Waals surface area contributed by atoms with Gasteiger partial charge in [0.25, 0.3) is 0 Å². The maximum atomic E-state index is 3.53. The summed E-state index contributed by atoms with van der Waals surface area (Å²) in [6.07, 6.45) is 6.08. The number of hydrogen-bond donors (Lipinski definition) is 4. The highest BCUT2D eigenvalue weighted by Gasteiger charge is 2.00. The van der Waals surface area contributed by atoms with Crippen LogP contribution in [0.25, 0.3) is 0 Å². The maximum absolute atomic E-state index is 3.53. The van der Waals surface area contributed by atoms with Crippen molar-refractivity contribution in [1.29, 1.82) is 0 Å².